The van der Waals surface area contributed by atoms with E-state index in [1.165, 1.54) is 18.2 Å². The van der Waals surface area contributed by atoms with Crippen LogP contribution in [0.15, 0.2) is 52.4 Å². The molecule has 35 heavy (non-hydrogen) atoms. The van der Waals surface area contributed by atoms with Crippen molar-refractivity contribution < 1.29 is 19.0 Å². The van der Waals surface area contributed by atoms with Gasteiger partial charge in [-0.3, -0.25) is 4.79 Å². The number of fused-ring (bicyclic) bond motifs is 1. The van der Waals surface area contributed by atoms with Gasteiger partial charge in [-0.2, -0.15) is 9.78 Å². The molecule has 1 aliphatic rings. The van der Waals surface area contributed by atoms with Gasteiger partial charge in [-0.15, -0.1) is 0 Å². The first-order chi connectivity index (χ1) is 17.0. The Labute approximate surface area is 204 Å². The maximum Gasteiger partial charge on any atom is 0.346 e. The van der Waals surface area contributed by atoms with Crippen LogP contribution in [0, 0.1) is 0 Å². The number of aromatic nitrogens is 2. The molecule has 8 nitrogen and oxygen atoms in total. The van der Waals surface area contributed by atoms with Gasteiger partial charge in [0.1, 0.15) is 5.82 Å². The predicted octanol–water partition coefficient (Wildman–Crippen LogP) is 4.67. The third kappa shape index (κ3) is 5.53. The highest BCUT2D eigenvalue weighted by molar-refractivity contribution is 5.82. The molecule has 2 aromatic carbocycles. The molecule has 0 N–H and O–H groups in total. The molecule has 1 atom stereocenters. The zero-order valence-electron chi connectivity index (χ0n) is 20.4. The molecule has 0 radical (unpaired) electrons. The Morgan fingerprint density at radius 2 is 1.94 bits per heavy atom. The topological polar surface area (TPSA) is 92.0 Å². The van der Waals surface area contributed by atoms with Gasteiger partial charge in [-0.25, -0.2) is 9.78 Å². The van der Waals surface area contributed by atoms with Crippen molar-refractivity contribution >= 4 is 23.1 Å². The minimum absolute atomic E-state index is 0.177. The molecule has 1 fully saturated rings. The van der Waals surface area contributed by atoms with E-state index in [9.17, 15) is 9.59 Å². The van der Waals surface area contributed by atoms with Crippen molar-refractivity contribution in [2.24, 2.45) is 5.10 Å². The van der Waals surface area contributed by atoms with Crippen LogP contribution in [0.2, 0.25) is 0 Å². The lowest BCUT2D eigenvalue weighted by Crippen LogP contribution is -2.25. The zero-order valence-corrected chi connectivity index (χ0v) is 20.4. The van der Waals surface area contributed by atoms with Gasteiger partial charge in [-0.05, 0) is 62.6 Å². The van der Waals surface area contributed by atoms with Crippen LogP contribution in [0.5, 0.6) is 11.5 Å². The van der Waals surface area contributed by atoms with Crippen molar-refractivity contribution in [3.63, 3.8) is 0 Å². The Morgan fingerprint density at radius 3 is 2.69 bits per heavy atom. The quantitative estimate of drug-likeness (QED) is 0.346. The number of hydrogen-bond donors (Lipinski definition) is 0. The highest BCUT2D eigenvalue weighted by Gasteiger charge is 2.22. The van der Waals surface area contributed by atoms with E-state index in [2.05, 4.69) is 5.10 Å². The van der Waals surface area contributed by atoms with Crippen LogP contribution in [0.4, 0.5) is 0 Å². The lowest BCUT2D eigenvalue weighted by Gasteiger charge is -2.22. The van der Waals surface area contributed by atoms with Crippen molar-refractivity contribution in [3.05, 3.63) is 64.2 Å². The summed E-state index contributed by atoms with van der Waals surface area (Å²) in [5, 5.41) is 5.12. The fourth-order valence-electron chi connectivity index (χ4n) is 4.38. The normalized spacial score (nSPS) is 15.3. The second-order valence-corrected chi connectivity index (χ2v) is 8.61. The summed E-state index contributed by atoms with van der Waals surface area (Å²) in [5.41, 5.74) is 1.25. The first-order valence-corrected chi connectivity index (χ1v) is 12.1. The second kappa shape index (κ2) is 11.2. The van der Waals surface area contributed by atoms with Crippen LogP contribution < -0.4 is 15.0 Å². The summed E-state index contributed by atoms with van der Waals surface area (Å²) in [4.78, 5) is 30.0. The molecular formula is C27H31N3O5. The van der Waals surface area contributed by atoms with Crippen LogP contribution >= 0.6 is 0 Å². The van der Waals surface area contributed by atoms with E-state index >= 15 is 0 Å². The number of rotatable bonds is 8. The van der Waals surface area contributed by atoms with Crippen molar-refractivity contribution in [1.82, 2.24) is 9.66 Å². The van der Waals surface area contributed by atoms with E-state index in [4.69, 9.17) is 19.2 Å². The summed E-state index contributed by atoms with van der Waals surface area (Å²) in [6, 6.07) is 12.7. The molecule has 184 valence electrons. The van der Waals surface area contributed by atoms with E-state index in [1.807, 2.05) is 25.1 Å². The van der Waals surface area contributed by atoms with Crippen molar-refractivity contribution in [3.8, 4) is 11.5 Å². The Morgan fingerprint density at radius 1 is 1.17 bits per heavy atom. The molecule has 8 heteroatoms. The summed E-state index contributed by atoms with van der Waals surface area (Å²) in [5.74, 6) is 1.34. The fraction of sp³-hybridized carbons (Fsp3) is 0.407. The molecule has 0 spiro atoms. The number of hydrogen-bond acceptors (Lipinski definition) is 7. The first kappa shape index (κ1) is 24.4. The first-order valence-electron chi connectivity index (χ1n) is 12.1. The summed E-state index contributed by atoms with van der Waals surface area (Å²) in [6.07, 6.45) is 6.30. The number of methoxy groups -OCH3 is 1. The smallest absolute Gasteiger partial charge is 0.346 e. The number of ether oxygens (including phenoxy) is 3. The van der Waals surface area contributed by atoms with E-state index in [-0.39, 0.29) is 11.5 Å². The molecule has 1 saturated carbocycles. The highest BCUT2D eigenvalue weighted by Crippen LogP contribution is 2.32. The molecular weight excluding hydrogens is 446 g/mol. The second-order valence-electron chi connectivity index (χ2n) is 8.61. The van der Waals surface area contributed by atoms with E-state index in [0.29, 0.717) is 34.8 Å². The van der Waals surface area contributed by atoms with Gasteiger partial charge in [0.15, 0.2) is 17.6 Å². The minimum atomic E-state index is -0.779. The Hall–Kier alpha value is -3.68. The summed E-state index contributed by atoms with van der Waals surface area (Å²) >= 11 is 0. The number of para-hydroxylation sites is 1. The van der Waals surface area contributed by atoms with Crippen LogP contribution in [0.3, 0.4) is 0 Å². The third-order valence-electron chi connectivity index (χ3n) is 6.18. The van der Waals surface area contributed by atoms with Gasteiger partial charge in [0, 0.05) is 5.92 Å². The van der Waals surface area contributed by atoms with Gasteiger partial charge < -0.3 is 14.2 Å². The summed E-state index contributed by atoms with van der Waals surface area (Å²) in [6.45, 7) is 3.90. The zero-order chi connectivity index (χ0) is 24.8. The SMILES string of the molecule is CCOc1cc(C=Nn2c(C3CCCCC3)nc3ccccc3c2=O)ccc1O[C@H](C)C(=O)OC. The van der Waals surface area contributed by atoms with Crippen LogP contribution in [-0.2, 0) is 9.53 Å². The van der Waals surface area contributed by atoms with E-state index in [0.717, 1.165) is 31.2 Å². The van der Waals surface area contributed by atoms with Crippen LogP contribution in [0.1, 0.15) is 63.3 Å². The molecule has 3 aromatic rings. The Kier molecular flexibility index (Phi) is 7.80. The maximum absolute atomic E-state index is 13.4. The average molecular weight is 478 g/mol. The Bertz CT molecular complexity index is 1280. The molecule has 0 unspecified atom stereocenters. The van der Waals surface area contributed by atoms with E-state index < -0.39 is 12.1 Å². The largest absolute Gasteiger partial charge is 0.490 e. The number of carbonyl (C=O) groups excluding carboxylic acids is 1. The van der Waals surface area contributed by atoms with Crippen molar-refractivity contribution in [2.45, 2.75) is 58.0 Å². The molecule has 1 aromatic heterocycles. The number of carbonyl (C=O) groups is 1. The molecule has 4 rings (SSSR count). The Balaban J connectivity index is 1.70. The highest BCUT2D eigenvalue weighted by atomic mass is 16.6. The maximum atomic E-state index is 13.4. The molecule has 0 saturated heterocycles. The van der Waals surface area contributed by atoms with Crippen molar-refractivity contribution in [1.29, 1.82) is 0 Å². The summed E-state index contributed by atoms with van der Waals surface area (Å²) < 4.78 is 17.6. The van der Waals surface area contributed by atoms with Gasteiger partial charge >= 0.3 is 5.97 Å². The average Bonchev–Trinajstić information content (AvgIpc) is 2.89. The van der Waals surface area contributed by atoms with Crippen LogP contribution in [0.25, 0.3) is 10.9 Å². The van der Waals surface area contributed by atoms with Gasteiger partial charge in [-0.1, -0.05) is 31.4 Å². The van der Waals surface area contributed by atoms with Crippen LogP contribution in [-0.4, -0.2) is 41.7 Å². The standard InChI is InChI=1S/C27H31N3O5/c1-4-34-24-16-19(14-15-23(24)35-18(2)27(32)33-3)17-28-30-25(20-10-6-5-7-11-20)29-22-13-9-8-12-21(22)26(30)31/h8-9,12-18,20H,4-7,10-11H2,1-3H3/t18-/m1/s1. The number of nitrogens with zero attached hydrogens (tertiary/aromatic N) is 3. The molecule has 0 bridgehead atoms. The monoisotopic (exact) mass is 477 g/mol. The summed E-state index contributed by atoms with van der Waals surface area (Å²) in [7, 11) is 1.32. The molecule has 1 aliphatic carbocycles. The fourth-order valence-corrected chi connectivity index (χ4v) is 4.38. The van der Waals surface area contributed by atoms with Gasteiger partial charge in [0.2, 0.25) is 0 Å². The number of esters is 1. The molecule has 1 heterocycles. The van der Waals surface area contributed by atoms with Crippen molar-refractivity contribution in [2.75, 3.05) is 13.7 Å². The molecule has 0 aliphatic heterocycles. The predicted molar refractivity (Wildman–Crippen MR) is 135 cm³/mol. The minimum Gasteiger partial charge on any atom is -0.490 e. The third-order valence-corrected chi connectivity index (χ3v) is 6.18. The molecule has 0 amide bonds. The number of benzene rings is 2. The van der Waals surface area contributed by atoms with Gasteiger partial charge in [0.25, 0.3) is 5.56 Å². The van der Waals surface area contributed by atoms with Gasteiger partial charge in [0.05, 0.1) is 30.8 Å². The van der Waals surface area contributed by atoms with E-state index in [1.54, 1.807) is 37.4 Å². The lowest BCUT2D eigenvalue weighted by atomic mass is 9.88. The lowest BCUT2D eigenvalue weighted by molar-refractivity contribution is -0.147.